The molecule has 4 nitrogen and oxygen atoms in total. The lowest BCUT2D eigenvalue weighted by atomic mass is 10.1. The Morgan fingerprint density at radius 3 is 2.95 bits per heavy atom. The van der Waals surface area contributed by atoms with Gasteiger partial charge in [0, 0.05) is 25.2 Å². The van der Waals surface area contributed by atoms with Gasteiger partial charge in [0.25, 0.3) is 0 Å². The van der Waals surface area contributed by atoms with Crippen LogP contribution in [0.15, 0.2) is 18.3 Å². The van der Waals surface area contributed by atoms with Crippen molar-refractivity contribution in [2.45, 2.75) is 38.0 Å². The van der Waals surface area contributed by atoms with E-state index in [9.17, 15) is 4.39 Å². The van der Waals surface area contributed by atoms with Gasteiger partial charge in [-0.1, -0.05) is 0 Å². The molecule has 1 aliphatic heterocycles. The van der Waals surface area contributed by atoms with Crippen LogP contribution in [0, 0.1) is 5.82 Å². The quantitative estimate of drug-likeness (QED) is 0.882. The highest BCUT2D eigenvalue weighted by atomic mass is 19.1. The molecule has 0 spiro atoms. The smallest absolute Gasteiger partial charge is 0.141 e. The summed E-state index contributed by atoms with van der Waals surface area (Å²) in [4.78, 5) is 6.32. The third kappa shape index (κ3) is 3.72. The molecule has 2 heterocycles. The summed E-state index contributed by atoms with van der Waals surface area (Å²) in [5, 5.41) is 0. The van der Waals surface area contributed by atoms with Gasteiger partial charge in [0.1, 0.15) is 5.82 Å². The Morgan fingerprint density at radius 2 is 2.37 bits per heavy atom. The third-order valence-corrected chi connectivity index (χ3v) is 3.83. The Labute approximate surface area is 113 Å². The second kappa shape index (κ2) is 6.41. The van der Waals surface area contributed by atoms with Crippen molar-refractivity contribution in [2.24, 2.45) is 5.73 Å². The summed E-state index contributed by atoms with van der Waals surface area (Å²) >= 11 is 0. The van der Waals surface area contributed by atoms with Crippen molar-refractivity contribution in [2.75, 3.05) is 20.2 Å². The van der Waals surface area contributed by atoms with Crippen molar-refractivity contribution in [3.05, 3.63) is 29.8 Å². The Hall–Kier alpha value is -1.04. The van der Waals surface area contributed by atoms with Crippen LogP contribution >= 0.6 is 0 Å². The number of hydrogen-bond acceptors (Lipinski definition) is 4. The van der Waals surface area contributed by atoms with E-state index in [0.29, 0.717) is 6.04 Å². The van der Waals surface area contributed by atoms with Crippen molar-refractivity contribution in [1.82, 2.24) is 9.88 Å². The largest absolute Gasteiger partial charge is 0.377 e. The highest BCUT2D eigenvalue weighted by Gasteiger charge is 2.27. The van der Waals surface area contributed by atoms with E-state index < -0.39 is 0 Å². The second-order valence-electron chi connectivity index (χ2n) is 5.21. The van der Waals surface area contributed by atoms with Crippen LogP contribution < -0.4 is 5.73 Å². The first kappa shape index (κ1) is 14.4. The molecule has 106 valence electrons. The molecule has 19 heavy (non-hydrogen) atoms. The minimum absolute atomic E-state index is 0.152. The number of hydrogen-bond donors (Lipinski definition) is 1. The van der Waals surface area contributed by atoms with E-state index in [1.807, 2.05) is 0 Å². The van der Waals surface area contributed by atoms with E-state index >= 15 is 0 Å². The van der Waals surface area contributed by atoms with Crippen LogP contribution in [0.1, 0.15) is 31.5 Å². The molecule has 2 rings (SSSR count). The van der Waals surface area contributed by atoms with Crippen LogP contribution in [0.2, 0.25) is 0 Å². The van der Waals surface area contributed by atoms with Gasteiger partial charge in [-0.25, -0.2) is 4.39 Å². The van der Waals surface area contributed by atoms with Crippen LogP contribution in [0.4, 0.5) is 4.39 Å². The first-order valence-corrected chi connectivity index (χ1v) is 6.77. The summed E-state index contributed by atoms with van der Waals surface area (Å²) in [5.41, 5.74) is 6.83. The van der Waals surface area contributed by atoms with Gasteiger partial charge in [0.05, 0.1) is 18.0 Å². The molecule has 3 atom stereocenters. The number of halogens is 1. The van der Waals surface area contributed by atoms with Crippen LogP contribution in [0.5, 0.6) is 0 Å². The fourth-order valence-electron chi connectivity index (χ4n) is 2.56. The third-order valence-electron chi connectivity index (χ3n) is 3.83. The minimum atomic E-state index is -0.329. The zero-order valence-electron chi connectivity index (χ0n) is 11.6. The topological polar surface area (TPSA) is 51.4 Å². The van der Waals surface area contributed by atoms with E-state index in [0.717, 1.165) is 31.7 Å². The molecule has 1 saturated heterocycles. The van der Waals surface area contributed by atoms with Crippen LogP contribution in [-0.4, -0.2) is 42.2 Å². The fraction of sp³-hybridized carbons (Fsp3) is 0.643. The highest BCUT2D eigenvalue weighted by molar-refractivity contribution is 5.09. The number of nitrogens with two attached hydrogens (primary N) is 1. The molecular weight excluding hydrogens is 245 g/mol. The van der Waals surface area contributed by atoms with Gasteiger partial charge < -0.3 is 15.4 Å². The normalized spacial score (nSPS) is 24.9. The number of aromatic nitrogens is 1. The molecule has 2 N–H and O–H groups in total. The number of nitrogens with zero attached hydrogens (tertiary/aromatic N) is 2. The standard InChI is InChI=1S/C14H22FN3O/c1-10-14(6-8-19-10)18(2)7-5-12(16)13-4-3-11(15)9-17-13/h3-4,9-10,12,14H,5-8,16H2,1-2H3. The van der Waals surface area contributed by atoms with Gasteiger partial charge >= 0.3 is 0 Å². The molecule has 0 aromatic carbocycles. The maximum atomic E-state index is 12.8. The fourth-order valence-corrected chi connectivity index (χ4v) is 2.56. The van der Waals surface area contributed by atoms with Crippen molar-refractivity contribution in [3.63, 3.8) is 0 Å². The molecular formula is C14H22FN3O. The summed E-state index contributed by atoms with van der Waals surface area (Å²) in [5.74, 6) is -0.329. The Morgan fingerprint density at radius 1 is 1.58 bits per heavy atom. The molecule has 0 bridgehead atoms. The van der Waals surface area contributed by atoms with E-state index in [4.69, 9.17) is 10.5 Å². The Balaban J connectivity index is 1.82. The summed E-state index contributed by atoms with van der Waals surface area (Å²) in [7, 11) is 2.10. The monoisotopic (exact) mass is 267 g/mol. The van der Waals surface area contributed by atoms with E-state index in [-0.39, 0.29) is 18.0 Å². The average Bonchev–Trinajstić information content (AvgIpc) is 2.83. The summed E-state index contributed by atoms with van der Waals surface area (Å²) < 4.78 is 18.4. The predicted octanol–water partition coefficient (Wildman–Crippen LogP) is 1.72. The van der Waals surface area contributed by atoms with Gasteiger partial charge in [-0.15, -0.1) is 0 Å². The van der Waals surface area contributed by atoms with Crippen molar-refractivity contribution < 1.29 is 9.13 Å². The summed E-state index contributed by atoms with van der Waals surface area (Å²) in [6.45, 7) is 3.83. The zero-order valence-corrected chi connectivity index (χ0v) is 11.6. The second-order valence-corrected chi connectivity index (χ2v) is 5.21. The first-order valence-electron chi connectivity index (χ1n) is 6.77. The number of ether oxygens (including phenoxy) is 1. The predicted molar refractivity (Wildman–Crippen MR) is 72.2 cm³/mol. The van der Waals surface area contributed by atoms with Crippen LogP contribution in [0.3, 0.4) is 0 Å². The minimum Gasteiger partial charge on any atom is -0.377 e. The number of rotatable bonds is 5. The van der Waals surface area contributed by atoms with Gasteiger partial charge in [-0.3, -0.25) is 4.98 Å². The van der Waals surface area contributed by atoms with Gasteiger partial charge in [-0.05, 0) is 38.9 Å². The Kier molecular flexibility index (Phi) is 4.85. The average molecular weight is 267 g/mol. The molecule has 0 aliphatic carbocycles. The van der Waals surface area contributed by atoms with Crippen molar-refractivity contribution in [3.8, 4) is 0 Å². The van der Waals surface area contributed by atoms with E-state index in [1.165, 1.54) is 12.3 Å². The molecule has 3 unspecified atom stereocenters. The van der Waals surface area contributed by atoms with E-state index in [2.05, 4.69) is 23.9 Å². The molecule has 1 fully saturated rings. The van der Waals surface area contributed by atoms with Crippen LogP contribution in [0.25, 0.3) is 0 Å². The maximum Gasteiger partial charge on any atom is 0.141 e. The van der Waals surface area contributed by atoms with Gasteiger partial charge in [0.15, 0.2) is 0 Å². The van der Waals surface area contributed by atoms with E-state index in [1.54, 1.807) is 6.07 Å². The maximum absolute atomic E-state index is 12.8. The number of pyridine rings is 1. The van der Waals surface area contributed by atoms with Gasteiger partial charge in [0.2, 0.25) is 0 Å². The van der Waals surface area contributed by atoms with Gasteiger partial charge in [-0.2, -0.15) is 0 Å². The zero-order chi connectivity index (χ0) is 13.8. The number of likely N-dealkylation sites (N-methyl/N-ethyl adjacent to an activating group) is 1. The molecule has 1 aromatic heterocycles. The lowest BCUT2D eigenvalue weighted by Crippen LogP contribution is -2.38. The highest BCUT2D eigenvalue weighted by Crippen LogP contribution is 2.20. The lowest BCUT2D eigenvalue weighted by molar-refractivity contribution is 0.0827. The summed E-state index contributed by atoms with van der Waals surface area (Å²) in [6.07, 6.45) is 3.37. The molecule has 0 radical (unpaired) electrons. The lowest BCUT2D eigenvalue weighted by Gasteiger charge is -2.27. The molecule has 0 saturated carbocycles. The first-order chi connectivity index (χ1) is 9.08. The molecule has 5 heteroatoms. The summed E-state index contributed by atoms with van der Waals surface area (Å²) in [6, 6.07) is 3.37. The molecule has 1 aliphatic rings. The Bertz CT molecular complexity index is 398. The SMILES string of the molecule is CC1OCCC1N(C)CCC(N)c1ccc(F)cn1. The van der Waals surface area contributed by atoms with Crippen molar-refractivity contribution in [1.29, 1.82) is 0 Å². The molecule has 0 amide bonds. The molecule has 1 aromatic rings. The van der Waals surface area contributed by atoms with Crippen molar-refractivity contribution >= 4 is 0 Å². The van der Waals surface area contributed by atoms with Crippen LogP contribution in [-0.2, 0) is 4.74 Å².